The predicted molar refractivity (Wildman–Crippen MR) is 72.0 cm³/mol. The second-order valence-corrected chi connectivity index (χ2v) is 4.83. The largest absolute Gasteiger partial charge is 0.862 e. The second-order valence-electron chi connectivity index (χ2n) is 4.83. The molecular weight excluding hydrogens is 224 g/mol. The van der Waals surface area contributed by atoms with Gasteiger partial charge >= 0.3 is 0 Å². The predicted octanol–water partition coefficient (Wildman–Crippen LogP) is 2.00. The van der Waals surface area contributed by atoms with Crippen LogP contribution in [-0.4, -0.2) is 19.0 Å². The van der Waals surface area contributed by atoms with E-state index in [4.69, 9.17) is 5.41 Å². The van der Waals surface area contributed by atoms with Crippen molar-refractivity contribution >= 4 is 22.4 Å². The van der Waals surface area contributed by atoms with Gasteiger partial charge in [-0.15, -0.1) is 0 Å². The minimum absolute atomic E-state index is 0.114. The SMILES string of the molecule is N=C([O-])[C@@H]1CCN(c2ccc3ccccc3c2)C1. The molecule has 1 aliphatic rings. The van der Waals surface area contributed by atoms with Gasteiger partial charge in [0, 0.05) is 24.7 Å². The summed E-state index contributed by atoms with van der Waals surface area (Å²) in [5.41, 5.74) is 1.15. The van der Waals surface area contributed by atoms with Crippen LogP contribution in [-0.2, 0) is 0 Å². The third-order valence-corrected chi connectivity index (χ3v) is 3.66. The first kappa shape index (κ1) is 11.1. The molecule has 0 radical (unpaired) electrons. The van der Waals surface area contributed by atoms with Gasteiger partial charge in [0.05, 0.1) is 0 Å². The van der Waals surface area contributed by atoms with Gasteiger partial charge in [-0.1, -0.05) is 30.3 Å². The summed E-state index contributed by atoms with van der Waals surface area (Å²) in [4.78, 5) is 2.20. The monoisotopic (exact) mass is 239 g/mol. The number of anilines is 1. The van der Waals surface area contributed by atoms with E-state index in [1.807, 2.05) is 12.1 Å². The lowest BCUT2D eigenvalue weighted by Gasteiger charge is -2.20. The normalized spacial score (nSPS) is 19.3. The van der Waals surface area contributed by atoms with Gasteiger partial charge in [0.25, 0.3) is 0 Å². The van der Waals surface area contributed by atoms with Gasteiger partial charge < -0.3 is 15.4 Å². The third-order valence-electron chi connectivity index (χ3n) is 3.66. The van der Waals surface area contributed by atoms with Crippen molar-refractivity contribution in [2.75, 3.05) is 18.0 Å². The number of nitrogens with zero attached hydrogens (tertiary/aromatic N) is 1. The van der Waals surface area contributed by atoms with Crippen molar-refractivity contribution in [1.82, 2.24) is 0 Å². The summed E-state index contributed by atoms with van der Waals surface area (Å²) < 4.78 is 0. The fraction of sp³-hybridized carbons (Fsp3) is 0.267. The molecule has 0 saturated carbocycles. The average molecular weight is 239 g/mol. The molecule has 3 rings (SSSR count). The number of hydrogen-bond donors (Lipinski definition) is 1. The summed E-state index contributed by atoms with van der Waals surface area (Å²) in [5.74, 6) is -0.547. The van der Waals surface area contributed by atoms with Gasteiger partial charge in [0.2, 0.25) is 0 Å². The molecule has 0 aliphatic carbocycles. The molecule has 0 spiro atoms. The maximum absolute atomic E-state index is 11.1. The Hall–Kier alpha value is -2.03. The van der Waals surface area contributed by atoms with Gasteiger partial charge in [-0.3, -0.25) is 0 Å². The highest BCUT2D eigenvalue weighted by Gasteiger charge is 2.22. The minimum atomic E-state index is -0.432. The van der Waals surface area contributed by atoms with Gasteiger partial charge in [0.1, 0.15) is 0 Å². The van der Waals surface area contributed by atoms with Gasteiger partial charge in [-0.05, 0) is 35.2 Å². The Balaban J connectivity index is 1.89. The van der Waals surface area contributed by atoms with Crippen LogP contribution < -0.4 is 10.0 Å². The molecule has 0 amide bonds. The van der Waals surface area contributed by atoms with E-state index in [9.17, 15) is 5.11 Å². The molecule has 1 atom stereocenters. The van der Waals surface area contributed by atoms with Crippen LogP contribution in [0.1, 0.15) is 6.42 Å². The topological polar surface area (TPSA) is 50.1 Å². The maximum Gasteiger partial charge on any atom is 0.0372 e. The molecule has 1 aliphatic heterocycles. The lowest BCUT2D eigenvalue weighted by molar-refractivity contribution is -0.224. The van der Waals surface area contributed by atoms with Crippen molar-refractivity contribution in [3.05, 3.63) is 42.5 Å². The van der Waals surface area contributed by atoms with E-state index >= 15 is 0 Å². The van der Waals surface area contributed by atoms with Crippen molar-refractivity contribution in [1.29, 1.82) is 5.41 Å². The summed E-state index contributed by atoms with van der Waals surface area (Å²) in [5, 5.41) is 20.7. The molecule has 2 aromatic carbocycles. The molecule has 2 aromatic rings. The van der Waals surface area contributed by atoms with Crippen LogP contribution in [0.3, 0.4) is 0 Å². The molecular formula is C15H15N2O-. The zero-order chi connectivity index (χ0) is 12.5. The van der Waals surface area contributed by atoms with Crippen LogP contribution in [0.5, 0.6) is 0 Å². The first-order valence-corrected chi connectivity index (χ1v) is 6.23. The van der Waals surface area contributed by atoms with Crippen LogP contribution in [0.25, 0.3) is 10.8 Å². The molecule has 1 fully saturated rings. The molecule has 1 saturated heterocycles. The van der Waals surface area contributed by atoms with Crippen molar-refractivity contribution in [3.8, 4) is 0 Å². The molecule has 1 heterocycles. The average Bonchev–Trinajstić information content (AvgIpc) is 2.88. The maximum atomic E-state index is 11.1. The zero-order valence-corrected chi connectivity index (χ0v) is 10.1. The standard InChI is InChI=1S/C15H16N2O/c16-15(18)13-7-8-17(10-13)14-6-5-11-3-1-2-4-12(11)9-14/h1-6,9,13H,7-8,10H2,(H2,16,18)/p-1/t13-/m1/s1. The van der Waals surface area contributed by atoms with Gasteiger partial charge in [-0.25, -0.2) is 0 Å². The Morgan fingerprint density at radius 3 is 2.67 bits per heavy atom. The molecule has 0 unspecified atom stereocenters. The highest BCUT2D eigenvalue weighted by Crippen LogP contribution is 2.27. The molecule has 3 nitrogen and oxygen atoms in total. The lowest BCUT2D eigenvalue weighted by atomic mass is 10.1. The highest BCUT2D eigenvalue weighted by atomic mass is 16.3. The van der Waals surface area contributed by atoms with Gasteiger partial charge in [-0.2, -0.15) is 0 Å². The quantitative estimate of drug-likeness (QED) is 0.643. The van der Waals surface area contributed by atoms with Crippen LogP contribution in [0.4, 0.5) is 5.69 Å². The van der Waals surface area contributed by atoms with E-state index in [0.717, 1.165) is 18.7 Å². The second kappa shape index (κ2) is 4.33. The summed E-state index contributed by atoms with van der Waals surface area (Å²) >= 11 is 0. The molecule has 92 valence electrons. The number of nitrogens with one attached hydrogen (secondary N) is 1. The number of hydrogen-bond acceptors (Lipinski definition) is 3. The Bertz CT molecular complexity index is 594. The number of fused-ring (bicyclic) bond motifs is 1. The molecule has 0 bridgehead atoms. The van der Waals surface area contributed by atoms with E-state index < -0.39 is 5.90 Å². The fourth-order valence-electron chi connectivity index (χ4n) is 2.58. The van der Waals surface area contributed by atoms with E-state index in [0.29, 0.717) is 6.54 Å². The first-order valence-electron chi connectivity index (χ1n) is 6.23. The van der Waals surface area contributed by atoms with Gasteiger partial charge in [0.15, 0.2) is 0 Å². The highest BCUT2D eigenvalue weighted by molar-refractivity contribution is 5.86. The molecule has 1 N–H and O–H groups in total. The first-order chi connectivity index (χ1) is 8.74. The van der Waals surface area contributed by atoms with Crippen molar-refractivity contribution < 1.29 is 5.11 Å². The van der Waals surface area contributed by atoms with Crippen LogP contribution in [0.2, 0.25) is 0 Å². The zero-order valence-electron chi connectivity index (χ0n) is 10.1. The Morgan fingerprint density at radius 1 is 1.17 bits per heavy atom. The fourth-order valence-corrected chi connectivity index (χ4v) is 2.58. The van der Waals surface area contributed by atoms with Crippen molar-refractivity contribution in [2.24, 2.45) is 5.92 Å². The lowest BCUT2D eigenvalue weighted by Crippen LogP contribution is -2.29. The van der Waals surface area contributed by atoms with Crippen LogP contribution in [0, 0.1) is 11.3 Å². The van der Waals surface area contributed by atoms with E-state index in [1.165, 1.54) is 10.8 Å². The minimum Gasteiger partial charge on any atom is -0.862 e. The van der Waals surface area contributed by atoms with Crippen molar-refractivity contribution in [3.63, 3.8) is 0 Å². The van der Waals surface area contributed by atoms with E-state index in [2.05, 4.69) is 35.2 Å². The Morgan fingerprint density at radius 2 is 1.94 bits per heavy atom. The number of benzene rings is 2. The van der Waals surface area contributed by atoms with Crippen LogP contribution in [0.15, 0.2) is 42.5 Å². The Labute approximate surface area is 106 Å². The summed E-state index contributed by atoms with van der Waals surface area (Å²) in [7, 11) is 0. The van der Waals surface area contributed by atoms with Crippen LogP contribution >= 0.6 is 0 Å². The molecule has 0 aromatic heterocycles. The molecule has 3 heteroatoms. The summed E-state index contributed by atoms with van der Waals surface area (Å²) in [6, 6.07) is 14.6. The smallest absolute Gasteiger partial charge is 0.0372 e. The number of rotatable bonds is 2. The van der Waals surface area contributed by atoms with E-state index in [-0.39, 0.29) is 5.92 Å². The summed E-state index contributed by atoms with van der Waals surface area (Å²) in [6.45, 7) is 1.55. The van der Waals surface area contributed by atoms with E-state index in [1.54, 1.807) is 0 Å². The summed E-state index contributed by atoms with van der Waals surface area (Å²) in [6.07, 6.45) is 0.801. The van der Waals surface area contributed by atoms with Crippen molar-refractivity contribution in [2.45, 2.75) is 6.42 Å². The third kappa shape index (κ3) is 1.92. The molecule has 18 heavy (non-hydrogen) atoms. The Kier molecular flexibility index (Phi) is 2.67.